The van der Waals surface area contributed by atoms with Gasteiger partial charge in [0.25, 0.3) is 5.91 Å². The summed E-state index contributed by atoms with van der Waals surface area (Å²) >= 11 is 18.0. The highest BCUT2D eigenvalue weighted by molar-refractivity contribution is 6.43. The number of aryl methyl sites for hydroxylation is 2. The van der Waals surface area contributed by atoms with Gasteiger partial charge in [0.05, 0.1) is 32.0 Å². The Hall–Kier alpha value is -1.23. The molecular weight excluding hydrogens is 345 g/mol. The number of nitrogens with zero attached hydrogens (tertiary/aromatic N) is 2. The summed E-state index contributed by atoms with van der Waals surface area (Å²) in [7, 11) is 0. The van der Waals surface area contributed by atoms with E-state index >= 15 is 0 Å². The maximum absolute atomic E-state index is 12.1. The number of benzene rings is 1. The number of rotatable bonds is 5. The first-order valence-electron chi connectivity index (χ1n) is 6.83. The second-order valence-corrected chi connectivity index (χ2v) is 6.08. The Balaban J connectivity index is 1.87. The summed E-state index contributed by atoms with van der Waals surface area (Å²) in [6.07, 6.45) is 0.738. The first-order chi connectivity index (χ1) is 10.4. The number of hydrogen-bond donors (Lipinski definition) is 1. The van der Waals surface area contributed by atoms with E-state index < -0.39 is 0 Å². The van der Waals surface area contributed by atoms with Gasteiger partial charge in [-0.3, -0.25) is 9.48 Å². The molecule has 0 atom stereocenters. The molecule has 118 valence electrons. The molecule has 0 radical (unpaired) electrons. The van der Waals surface area contributed by atoms with Gasteiger partial charge in [0.1, 0.15) is 0 Å². The van der Waals surface area contributed by atoms with Gasteiger partial charge in [0.2, 0.25) is 0 Å². The van der Waals surface area contributed by atoms with Gasteiger partial charge in [-0.05, 0) is 32.4 Å². The Morgan fingerprint density at radius 1 is 1.23 bits per heavy atom. The van der Waals surface area contributed by atoms with Crippen molar-refractivity contribution in [1.29, 1.82) is 0 Å². The van der Waals surface area contributed by atoms with Crippen molar-refractivity contribution in [2.75, 3.05) is 6.54 Å². The molecule has 0 saturated carbocycles. The maximum atomic E-state index is 12.1. The van der Waals surface area contributed by atoms with Gasteiger partial charge >= 0.3 is 0 Å². The Bertz CT molecular complexity index is 698. The molecule has 0 aliphatic heterocycles. The Labute approximate surface area is 144 Å². The molecule has 1 N–H and O–H groups in total. The molecule has 0 spiro atoms. The van der Waals surface area contributed by atoms with Crippen LogP contribution < -0.4 is 5.32 Å². The molecule has 2 rings (SSSR count). The SMILES string of the molecule is Cc1nn(CCCNC(=O)c2cccc(Cl)c2Cl)c(C)c1Cl. The summed E-state index contributed by atoms with van der Waals surface area (Å²) in [5.41, 5.74) is 2.13. The molecular formula is C15H16Cl3N3O. The number of hydrogen-bond acceptors (Lipinski definition) is 2. The van der Waals surface area contributed by atoms with Gasteiger partial charge in [0.15, 0.2) is 0 Å². The van der Waals surface area contributed by atoms with Crippen LogP contribution in [0.3, 0.4) is 0 Å². The fraction of sp³-hybridized carbons (Fsp3) is 0.333. The molecule has 22 heavy (non-hydrogen) atoms. The Morgan fingerprint density at radius 2 is 1.95 bits per heavy atom. The Morgan fingerprint density at radius 3 is 2.59 bits per heavy atom. The number of carbonyl (C=O) groups is 1. The molecule has 1 amide bonds. The minimum atomic E-state index is -0.237. The lowest BCUT2D eigenvalue weighted by atomic mass is 10.2. The average Bonchev–Trinajstić information content (AvgIpc) is 2.73. The summed E-state index contributed by atoms with van der Waals surface area (Å²) in [6, 6.07) is 4.98. The van der Waals surface area contributed by atoms with Crippen LogP contribution in [0.15, 0.2) is 18.2 Å². The molecule has 0 fully saturated rings. The van der Waals surface area contributed by atoms with Crippen molar-refractivity contribution in [3.05, 3.63) is 50.2 Å². The van der Waals surface area contributed by atoms with Gasteiger partial charge in [-0.25, -0.2) is 0 Å². The molecule has 0 aliphatic rings. The van der Waals surface area contributed by atoms with Crippen molar-refractivity contribution < 1.29 is 4.79 Å². The third kappa shape index (κ3) is 3.75. The second kappa shape index (κ2) is 7.36. The molecule has 0 saturated heterocycles. The molecule has 4 nitrogen and oxygen atoms in total. The number of nitrogens with one attached hydrogen (secondary N) is 1. The van der Waals surface area contributed by atoms with E-state index in [0.717, 1.165) is 17.8 Å². The van der Waals surface area contributed by atoms with Gasteiger partial charge < -0.3 is 5.32 Å². The molecule has 7 heteroatoms. The van der Waals surface area contributed by atoms with E-state index in [1.807, 2.05) is 18.5 Å². The fourth-order valence-electron chi connectivity index (χ4n) is 2.10. The van der Waals surface area contributed by atoms with Crippen molar-refractivity contribution in [3.63, 3.8) is 0 Å². The lowest BCUT2D eigenvalue weighted by Gasteiger charge is -2.08. The predicted molar refractivity (Wildman–Crippen MR) is 90.1 cm³/mol. The monoisotopic (exact) mass is 359 g/mol. The summed E-state index contributed by atoms with van der Waals surface area (Å²) in [4.78, 5) is 12.1. The lowest BCUT2D eigenvalue weighted by molar-refractivity contribution is 0.0952. The normalized spacial score (nSPS) is 10.8. The number of amides is 1. The number of aromatic nitrogens is 2. The Kier molecular flexibility index (Phi) is 5.73. The lowest BCUT2D eigenvalue weighted by Crippen LogP contribution is -2.25. The van der Waals surface area contributed by atoms with Crippen LogP contribution >= 0.6 is 34.8 Å². The van der Waals surface area contributed by atoms with Crippen LogP contribution in [-0.2, 0) is 6.54 Å². The zero-order chi connectivity index (χ0) is 16.3. The van der Waals surface area contributed by atoms with E-state index in [9.17, 15) is 4.79 Å². The third-order valence-electron chi connectivity index (χ3n) is 3.32. The highest BCUT2D eigenvalue weighted by Gasteiger charge is 2.12. The largest absolute Gasteiger partial charge is 0.352 e. The number of carbonyl (C=O) groups excluding carboxylic acids is 1. The highest BCUT2D eigenvalue weighted by Crippen LogP contribution is 2.25. The summed E-state index contributed by atoms with van der Waals surface area (Å²) < 4.78 is 1.84. The minimum absolute atomic E-state index is 0.237. The van der Waals surface area contributed by atoms with E-state index in [0.29, 0.717) is 28.7 Å². The maximum Gasteiger partial charge on any atom is 0.252 e. The third-order valence-corrected chi connectivity index (χ3v) is 4.69. The standard InChI is InChI=1S/C15H16Cl3N3O/c1-9-13(17)10(2)21(20-9)8-4-7-19-15(22)11-5-3-6-12(16)14(11)18/h3,5-6H,4,7-8H2,1-2H3,(H,19,22). The van der Waals surface area contributed by atoms with Crippen molar-refractivity contribution in [1.82, 2.24) is 15.1 Å². The molecule has 1 heterocycles. The van der Waals surface area contributed by atoms with Gasteiger partial charge in [0, 0.05) is 13.1 Å². The molecule has 1 aromatic heterocycles. The van der Waals surface area contributed by atoms with Crippen LogP contribution in [0.4, 0.5) is 0 Å². The first kappa shape index (κ1) is 17.1. The van der Waals surface area contributed by atoms with Crippen LogP contribution in [0, 0.1) is 13.8 Å². The first-order valence-corrected chi connectivity index (χ1v) is 7.97. The van der Waals surface area contributed by atoms with Crippen LogP contribution in [0.25, 0.3) is 0 Å². The molecule has 0 aliphatic carbocycles. The van der Waals surface area contributed by atoms with Crippen molar-refractivity contribution >= 4 is 40.7 Å². The predicted octanol–water partition coefficient (Wildman–Crippen LogP) is 4.28. The van der Waals surface area contributed by atoms with E-state index in [1.54, 1.807) is 18.2 Å². The van der Waals surface area contributed by atoms with Crippen LogP contribution in [-0.4, -0.2) is 22.2 Å². The van der Waals surface area contributed by atoms with Crippen LogP contribution in [0.5, 0.6) is 0 Å². The molecule has 2 aromatic rings. The van der Waals surface area contributed by atoms with E-state index in [-0.39, 0.29) is 10.9 Å². The van der Waals surface area contributed by atoms with Gasteiger partial charge in [-0.2, -0.15) is 5.10 Å². The quantitative estimate of drug-likeness (QED) is 0.809. The molecule has 0 bridgehead atoms. The van der Waals surface area contributed by atoms with Gasteiger partial charge in [-0.15, -0.1) is 0 Å². The van der Waals surface area contributed by atoms with Gasteiger partial charge in [-0.1, -0.05) is 40.9 Å². The average molecular weight is 361 g/mol. The topological polar surface area (TPSA) is 46.9 Å². The summed E-state index contributed by atoms with van der Waals surface area (Å²) in [5.74, 6) is -0.237. The zero-order valence-corrected chi connectivity index (χ0v) is 14.6. The van der Waals surface area contributed by atoms with Crippen molar-refractivity contribution in [2.24, 2.45) is 0 Å². The van der Waals surface area contributed by atoms with E-state index in [4.69, 9.17) is 34.8 Å². The van der Waals surface area contributed by atoms with Crippen LogP contribution in [0.1, 0.15) is 28.2 Å². The highest BCUT2D eigenvalue weighted by atomic mass is 35.5. The van der Waals surface area contributed by atoms with Crippen LogP contribution in [0.2, 0.25) is 15.1 Å². The number of halogens is 3. The minimum Gasteiger partial charge on any atom is -0.352 e. The zero-order valence-electron chi connectivity index (χ0n) is 12.3. The second-order valence-electron chi connectivity index (χ2n) is 4.92. The van der Waals surface area contributed by atoms with E-state index in [1.165, 1.54) is 0 Å². The fourth-order valence-corrected chi connectivity index (χ4v) is 2.62. The van der Waals surface area contributed by atoms with Crippen molar-refractivity contribution in [2.45, 2.75) is 26.8 Å². The summed E-state index contributed by atoms with van der Waals surface area (Å²) in [6.45, 7) is 4.99. The summed E-state index contributed by atoms with van der Waals surface area (Å²) in [5, 5.41) is 8.49. The van der Waals surface area contributed by atoms with E-state index in [2.05, 4.69) is 10.4 Å². The molecule has 0 unspecified atom stereocenters. The van der Waals surface area contributed by atoms with Crippen molar-refractivity contribution in [3.8, 4) is 0 Å². The smallest absolute Gasteiger partial charge is 0.252 e. The molecule has 1 aromatic carbocycles.